The maximum absolute atomic E-state index is 13.5. The lowest BCUT2D eigenvalue weighted by Gasteiger charge is -2.13. The molecule has 0 spiro atoms. The molecule has 5 nitrogen and oxygen atoms in total. The molecule has 0 bridgehead atoms. The van der Waals surface area contributed by atoms with Gasteiger partial charge in [-0.2, -0.15) is 0 Å². The van der Waals surface area contributed by atoms with Crippen molar-refractivity contribution in [3.05, 3.63) is 47.9 Å². The Morgan fingerprint density at radius 1 is 1.18 bits per heavy atom. The minimum Gasteiger partial charge on any atom is -0.480 e. The van der Waals surface area contributed by atoms with Gasteiger partial charge in [-0.05, 0) is 12.1 Å². The Morgan fingerprint density at radius 3 is 2.59 bits per heavy atom. The number of aromatic nitrogens is 3. The van der Waals surface area contributed by atoms with Crippen LogP contribution in [-0.2, 0) is 0 Å². The van der Waals surface area contributed by atoms with Gasteiger partial charge in [0.25, 0.3) is 0 Å². The number of pyridine rings is 1. The van der Waals surface area contributed by atoms with Crippen molar-refractivity contribution in [1.82, 2.24) is 15.0 Å². The highest BCUT2D eigenvalue weighted by Crippen LogP contribution is 2.23. The van der Waals surface area contributed by atoms with Crippen LogP contribution in [0.5, 0.6) is 5.88 Å². The minimum absolute atomic E-state index is 0.117. The van der Waals surface area contributed by atoms with Gasteiger partial charge in [0.05, 0.1) is 18.8 Å². The number of methoxy groups -OCH3 is 1. The molecule has 88 valence electrons. The molecule has 1 unspecified atom stereocenters. The summed E-state index contributed by atoms with van der Waals surface area (Å²) in [6.45, 7) is 0. The Kier molecular flexibility index (Phi) is 3.24. The minimum atomic E-state index is -0.806. The first-order valence-corrected chi connectivity index (χ1v) is 4.95. The van der Waals surface area contributed by atoms with Crippen LogP contribution in [0.15, 0.2) is 30.7 Å². The normalized spacial score (nSPS) is 12.2. The SMILES string of the molecule is COc1nccnc1C(N)c1ncccc1F. The molecule has 0 fully saturated rings. The first-order valence-electron chi connectivity index (χ1n) is 4.95. The van der Waals surface area contributed by atoms with Gasteiger partial charge in [0.2, 0.25) is 5.88 Å². The quantitative estimate of drug-likeness (QED) is 0.859. The van der Waals surface area contributed by atoms with Crippen LogP contribution in [0.3, 0.4) is 0 Å². The summed E-state index contributed by atoms with van der Waals surface area (Å²) in [7, 11) is 1.45. The second-order valence-corrected chi connectivity index (χ2v) is 3.30. The predicted molar refractivity (Wildman–Crippen MR) is 58.8 cm³/mol. The summed E-state index contributed by atoms with van der Waals surface area (Å²) in [4.78, 5) is 11.9. The molecule has 0 aromatic carbocycles. The van der Waals surface area contributed by atoms with E-state index in [9.17, 15) is 4.39 Å². The van der Waals surface area contributed by atoms with Crippen LogP contribution in [0.1, 0.15) is 17.4 Å². The number of rotatable bonds is 3. The fraction of sp³-hybridized carbons (Fsp3) is 0.182. The zero-order chi connectivity index (χ0) is 12.3. The van der Waals surface area contributed by atoms with Crippen molar-refractivity contribution < 1.29 is 9.13 Å². The highest BCUT2D eigenvalue weighted by atomic mass is 19.1. The van der Waals surface area contributed by atoms with Gasteiger partial charge < -0.3 is 10.5 Å². The lowest BCUT2D eigenvalue weighted by Crippen LogP contribution is -2.18. The molecule has 0 saturated heterocycles. The van der Waals surface area contributed by atoms with E-state index in [2.05, 4.69) is 15.0 Å². The fourth-order valence-electron chi connectivity index (χ4n) is 1.46. The molecular weight excluding hydrogens is 223 g/mol. The van der Waals surface area contributed by atoms with Gasteiger partial charge in [-0.1, -0.05) is 0 Å². The molecule has 17 heavy (non-hydrogen) atoms. The molecule has 2 heterocycles. The molecule has 1 atom stereocenters. The Labute approximate surface area is 97.5 Å². The maximum Gasteiger partial charge on any atom is 0.237 e. The van der Waals surface area contributed by atoms with Crippen LogP contribution in [-0.4, -0.2) is 22.1 Å². The highest BCUT2D eigenvalue weighted by Gasteiger charge is 2.20. The molecule has 2 aromatic rings. The first kappa shape index (κ1) is 11.4. The summed E-state index contributed by atoms with van der Waals surface area (Å²) < 4.78 is 18.6. The van der Waals surface area contributed by atoms with E-state index < -0.39 is 11.9 Å². The van der Waals surface area contributed by atoms with E-state index in [4.69, 9.17) is 10.5 Å². The standard InChI is InChI=1S/C11H11FN4O/c1-17-11-10(15-5-6-16-11)8(13)9-7(12)3-2-4-14-9/h2-6,8H,13H2,1H3. The molecule has 0 saturated carbocycles. The zero-order valence-corrected chi connectivity index (χ0v) is 9.17. The zero-order valence-electron chi connectivity index (χ0n) is 9.17. The van der Waals surface area contributed by atoms with E-state index in [0.717, 1.165) is 0 Å². The second-order valence-electron chi connectivity index (χ2n) is 3.30. The van der Waals surface area contributed by atoms with E-state index in [1.807, 2.05) is 0 Å². The lowest BCUT2D eigenvalue weighted by atomic mass is 10.1. The molecule has 0 aliphatic heterocycles. The van der Waals surface area contributed by atoms with Gasteiger partial charge in [0.15, 0.2) is 0 Å². The third kappa shape index (κ3) is 2.21. The fourth-order valence-corrected chi connectivity index (χ4v) is 1.46. The van der Waals surface area contributed by atoms with E-state index in [1.54, 1.807) is 0 Å². The van der Waals surface area contributed by atoms with Crippen LogP contribution >= 0.6 is 0 Å². The number of ether oxygens (including phenoxy) is 1. The summed E-state index contributed by atoms with van der Waals surface area (Å²) in [6.07, 6.45) is 4.42. The van der Waals surface area contributed by atoms with Crippen LogP contribution < -0.4 is 10.5 Å². The molecular formula is C11H11FN4O. The Morgan fingerprint density at radius 2 is 1.88 bits per heavy atom. The van der Waals surface area contributed by atoms with Crippen LogP contribution in [0.4, 0.5) is 4.39 Å². The molecule has 6 heteroatoms. The third-order valence-corrected chi connectivity index (χ3v) is 2.26. The second kappa shape index (κ2) is 4.84. The Bertz CT molecular complexity index is 520. The van der Waals surface area contributed by atoms with Crippen molar-refractivity contribution >= 4 is 0 Å². The van der Waals surface area contributed by atoms with Crippen molar-refractivity contribution in [3.8, 4) is 5.88 Å². The predicted octanol–water partition coefficient (Wildman–Crippen LogP) is 1.07. The molecule has 0 aliphatic carbocycles. The Hall–Kier alpha value is -2.08. The van der Waals surface area contributed by atoms with E-state index in [-0.39, 0.29) is 11.6 Å². The molecule has 2 rings (SSSR count). The van der Waals surface area contributed by atoms with Gasteiger partial charge >= 0.3 is 0 Å². The van der Waals surface area contributed by atoms with Crippen molar-refractivity contribution in [2.24, 2.45) is 5.73 Å². The number of nitrogens with two attached hydrogens (primary N) is 1. The van der Waals surface area contributed by atoms with Gasteiger partial charge in [-0.15, -0.1) is 0 Å². The van der Waals surface area contributed by atoms with Crippen molar-refractivity contribution in [2.45, 2.75) is 6.04 Å². The van der Waals surface area contributed by atoms with Gasteiger partial charge in [-0.25, -0.2) is 9.37 Å². The number of nitrogens with zero attached hydrogens (tertiary/aromatic N) is 3. The summed E-state index contributed by atoms with van der Waals surface area (Å²) in [5, 5.41) is 0. The average Bonchev–Trinajstić information content (AvgIpc) is 2.38. The number of halogens is 1. The van der Waals surface area contributed by atoms with Crippen molar-refractivity contribution in [2.75, 3.05) is 7.11 Å². The lowest BCUT2D eigenvalue weighted by molar-refractivity contribution is 0.386. The first-order chi connectivity index (χ1) is 8.24. The Balaban J connectivity index is 2.44. The average molecular weight is 234 g/mol. The third-order valence-electron chi connectivity index (χ3n) is 2.26. The number of hydrogen-bond donors (Lipinski definition) is 1. The van der Waals surface area contributed by atoms with E-state index in [1.165, 1.54) is 37.8 Å². The van der Waals surface area contributed by atoms with E-state index >= 15 is 0 Å². The monoisotopic (exact) mass is 234 g/mol. The molecule has 0 radical (unpaired) electrons. The van der Waals surface area contributed by atoms with Crippen LogP contribution in [0.25, 0.3) is 0 Å². The largest absolute Gasteiger partial charge is 0.480 e. The smallest absolute Gasteiger partial charge is 0.237 e. The van der Waals surface area contributed by atoms with Gasteiger partial charge in [0, 0.05) is 18.6 Å². The molecule has 2 N–H and O–H groups in total. The van der Waals surface area contributed by atoms with Crippen LogP contribution in [0, 0.1) is 5.82 Å². The summed E-state index contributed by atoms with van der Waals surface area (Å²) in [5.74, 6) is -0.210. The number of hydrogen-bond acceptors (Lipinski definition) is 5. The van der Waals surface area contributed by atoms with Crippen molar-refractivity contribution in [1.29, 1.82) is 0 Å². The summed E-state index contributed by atoms with van der Waals surface area (Å²) >= 11 is 0. The summed E-state index contributed by atoms with van der Waals surface area (Å²) in [5.41, 5.74) is 6.38. The van der Waals surface area contributed by atoms with Gasteiger partial charge in [-0.3, -0.25) is 9.97 Å². The van der Waals surface area contributed by atoms with Gasteiger partial charge in [0.1, 0.15) is 11.5 Å². The highest BCUT2D eigenvalue weighted by molar-refractivity contribution is 5.29. The molecule has 0 aliphatic rings. The molecule has 2 aromatic heterocycles. The topological polar surface area (TPSA) is 73.9 Å². The van der Waals surface area contributed by atoms with E-state index in [0.29, 0.717) is 5.69 Å². The maximum atomic E-state index is 13.5. The van der Waals surface area contributed by atoms with Crippen LogP contribution in [0.2, 0.25) is 0 Å². The molecule has 0 amide bonds. The summed E-state index contributed by atoms with van der Waals surface area (Å²) in [6, 6.07) is 1.99. The van der Waals surface area contributed by atoms with Crippen molar-refractivity contribution in [3.63, 3.8) is 0 Å².